The molecule has 2 aromatic rings. The van der Waals surface area contributed by atoms with E-state index in [0.29, 0.717) is 23.2 Å². The lowest BCUT2D eigenvalue weighted by atomic mass is 10.0. The normalized spacial score (nSPS) is 14.3. The van der Waals surface area contributed by atoms with Crippen molar-refractivity contribution in [2.24, 2.45) is 5.92 Å². The van der Waals surface area contributed by atoms with Crippen molar-refractivity contribution in [2.75, 3.05) is 13.1 Å². The molecule has 0 fully saturated rings. The fourth-order valence-corrected chi connectivity index (χ4v) is 4.41. The molecule has 0 spiro atoms. The lowest BCUT2D eigenvalue weighted by Gasteiger charge is -2.20. The van der Waals surface area contributed by atoms with E-state index < -0.39 is 35.0 Å². The van der Waals surface area contributed by atoms with Gasteiger partial charge in [0.05, 0.1) is 0 Å². The van der Waals surface area contributed by atoms with Gasteiger partial charge in [-0.15, -0.1) is 0 Å². The number of carbonyl (C=O) groups is 1. The number of rotatable bonds is 12. The van der Waals surface area contributed by atoms with Gasteiger partial charge in [0.2, 0.25) is 0 Å². The summed E-state index contributed by atoms with van der Waals surface area (Å²) in [6, 6.07) is 11.7. The van der Waals surface area contributed by atoms with Gasteiger partial charge in [-0.3, -0.25) is 10.1 Å². The van der Waals surface area contributed by atoms with Crippen LogP contribution in [0.25, 0.3) is 10.8 Å². The summed E-state index contributed by atoms with van der Waals surface area (Å²) in [5.74, 6) is -1.58. The molecule has 0 saturated carbocycles. The highest BCUT2D eigenvalue weighted by atomic mass is 32.2. The predicted molar refractivity (Wildman–Crippen MR) is 116 cm³/mol. The first-order valence-electron chi connectivity index (χ1n) is 10.5. The Bertz CT molecular complexity index is 991. The molecule has 0 bridgehead atoms. The van der Waals surface area contributed by atoms with Crippen LogP contribution in [-0.4, -0.2) is 39.8 Å². The average Bonchev–Trinajstić information content (AvgIpc) is 2.74. The zero-order valence-corrected chi connectivity index (χ0v) is 18.9. The number of carbonyl (C=O) groups excluding carboxylic acids is 1. The third kappa shape index (κ3) is 7.75. The Balaban J connectivity index is 2.11. The minimum Gasteiger partial charge on any atom is -0.348 e. The number of benzene rings is 2. The molecule has 10 heteroatoms. The summed E-state index contributed by atoms with van der Waals surface area (Å²) in [5.41, 5.74) is 0. The van der Waals surface area contributed by atoms with Gasteiger partial charge in [0.25, 0.3) is 10.1 Å². The van der Waals surface area contributed by atoms with Gasteiger partial charge in [-0.25, -0.2) is 4.18 Å². The molecule has 32 heavy (non-hydrogen) atoms. The molecule has 0 heterocycles. The second-order valence-electron chi connectivity index (χ2n) is 7.67. The summed E-state index contributed by atoms with van der Waals surface area (Å²) in [6.07, 6.45) is -3.58. The molecule has 0 aliphatic carbocycles. The second kappa shape index (κ2) is 11.6. The Morgan fingerprint density at radius 3 is 2.44 bits per heavy atom. The molecule has 0 aliphatic rings. The summed E-state index contributed by atoms with van der Waals surface area (Å²) >= 11 is 0. The Labute approximate surface area is 186 Å². The summed E-state index contributed by atoms with van der Waals surface area (Å²) in [4.78, 5) is 11.0. The standard InChI is InChI=1S/C22H29F3N2O4S/c1-3-16(2)8-7-14-26-20(13-15-27-21(28)22(23,24)25)31-32(29,30)19-12-6-10-17-9-4-5-11-18(17)19/h4-6,9-12,16,20,26H,3,7-8,13-15H2,1-2H3,(H,27,28)/t16?,20-/m1/s1. The van der Waals surface area contributed by atoms with E-state index in [2.05, 4.69) is 19.2 Å². The third-order valence-electron chi connectivity index (χ3n) is 5.15. The maximum atomic E-state index is 13.0. The molecule has 0 aromatic heterocycles. The summed E-state index contributed by atoms with van der Waals surface area (Å²) in [7, 11) is -4.22. The maximum Gasteiger partial charge on any atom is 0.471 e. The largest absolute Gasteiger partial charge is 0.471 e. The van der Waals surface area contributed by atoms with E-state index in [1.165, 1.54) is 6.07 Å². The number of fused-ring (bicyclic) bond motifs is 1. The quantitative estimate of drug-likeness (QED) is 0.271. The van der Waals surface area contributed by atoms with Crippen LogP contribution in [0.1, 0.15) is 39.5 Å². The summed E-state index contributed by atoms with van der Waals surface area (Å²) < 4.78 is 68.6. The zero-order valence-electron chi connectivity index (χ0n) is 18.1. The Morgan fingerprint density at radius 2 is 1.75 bits per heavy atom. The first-order chi connectivity index (χ1) is 15.0. The first-order valence-corrected chi connectivity index (χ1v) is 11.9. The number of halogens is 3. The van der Waals surface area contributed by atoms with E-state index in [0.717, 1.165) is 19.3 Å². The van der Waals surface area contributed by atoms with Crippen LogP contribution in [-0.2, 0) is 19.1 Å². The number of nitrogens with one attached hydrogen (secondary N) is 2. The SMILES string of the molecule is CCC(C)CCCN[C@@H](CCNC(=O)C(F)(F)F)OS(=O)(=O)c1cccc2ccccc12. The highest BCUT2D eigenvalue weighted by Gasteiger charge is 2.38. The highest BCUT2D eigenvalue weighted by molar-refractivity contribution is 7.87. The van der Waals surface area contributed by atoms with E-state index in [4.69, 9.17) is 4.18 Å². The molecule has 2 atom stereocenters. The molecule has 6 nitrogen and oxygen atoms in total. The maximum absolute atomic E-state index is 13.0. The topological polar surface area (TPSA) is 84.5 Å². The Hall–Kier alpha value is -2.17. The van der Waals surface area contributed by atoms with Crippen molar-refractivity contribution in [3.8, 4) is 0 Å². The zero-order chi connectivity index (χ0) is 23.8. The fraction of sp³-hybridized carbons (Fsp3) is 0.500. The second-order valence-corrected chi connectivity index (χ2v) is 9.21. The lowest BCUT2D eigenvalue weighted by molar-refractivity contribution is -0.173. The number of hydrogen-bond donors (Lipinski definition) is 2. The van der Waals surface area contributed by atoms with Crippen molar-refractivity contribution in [2.45, 2.75) is 56.8 Å². The molecule has 178 valence electrons. The van der Waals surface area contributed by atoms with Crippen LogP contribution in [0, 0.1) is 5.92 Å². The molecule has 2 N–H and O–H groups in total. The molecular formula is C22H29F3N2O4S. The van der Waals surface area contributed by atoms with Crippen LogP contribution < -0.4 is 10.6 Å². The van der Waals surface area contributed by atoms with Gasteiger partial charge in [0.15, 0.2) is 0 Å². The molecule has 0 saturated heterocycles. The van der Waals surface area contributed by atoms with E-state index in [1.54, 1.807) is 41.7 Å². The molecule has 0 aliphatic heterocycles. The molecular weight excluding hydrogens is 445 g/mol. The summed E-state index contributed by atoms with van der Waals surface area (Å²) in [5, 5.41) is 5.90. The van der Waals surface area contributed by atoms with Gasteiger partial charge in [0, 0.05) is 18.4 Å². The van der Waals surface area contributed by atoms with Gasteiger partial charge in [-0.1, -0.05) is 56.7 Å². The first kappa shape index (κ1) is 26.1. The van der Waals surface area contributed by atoms with Gasteiger partial charge in [-0.05, 0) is 36.8 Å². The number of alkyl halides is 3. The van der Waals surface area contributed by atoms with Gasteiger partial charge >= 0.3 is 12.1 Å². The average molecular weight is 475 g/mol. The number of hydrogen-bond acceptors (Lipinski definition) is 5. The van der Waals surface area contributed by atoms with E-state index >= 15 is 0 Å². The minimum atomic E-state index is -5.00. The molecule has 1 amide bonds. The summed E-state index contributed by atoms with van der Waals surface area (Å²) in [6.45, 7) is 4.20. The Morgan fingerprint density at radius 1 is 1.06 bits per heavy atom. The van der Waals surface area contributed by atoms with E-state index in [1.807, 2.05) is 0 Å². The van der Waals surface area contributed by atoms with Crippen LogP contribution in [0.15, 0.2) is 47.4 Å². The molecule has 2 aromatic carbocycles. The highest BCUT2D eigenvalue weighted by Crippen LogP contribution is 2.25. The van der Waals surface area contributed by atoms with Gasteiger partial charge < -0.3 is 5.32 Å². The van der Waals surface area contributed by atoms with Crippen molar-refractivity contribution in [1.29, 1.82) is 0 Å². The molecule has 0 radical (unpaired) electrons. The smallest absolute Gasteiger partial charge is 0.348 e. The van der Waals surface area contributed by atoms with Crippen LogP contribution in [0.3, 0.4) is 0 Å². The van der Waals surface area contributed by atoms with Crippen molar-refractivity contribution in [3.63, 3.8) is 0 Å². The predicted octanol–water partition coefficient (Wildman–Crippen LogP) is 4.36. The monoisotopic (exact) mass is 474 g/mol. The van der Waals surface area contributed by atoms with Gasteiger partial charge in [0.1, 0.15) is 11.1 Å². The van der Waals surface area contributed by atoms with Crippen molar-refractivity contribution >= 4 is 26.8 Å². The van der Waals surface area contributed by atoms with Crippen molar-refractivity contribution in [1.82, 2.24) is 10.6 Å². The van der Waals surface area contributed by atoms with Crippen molar-refractivity contribution in [3.05, 3.63) is 42.5 Å². The van der Waals surface area contributed by atoms with Gasteiger partial charge in [-0.2, -0.15) is 21.6 Å². The van der Waals surface area contributed by atoms with Crippen LogP contribution in [0.5, 0.6) is 0 Å². The van der Waals surface area contributed by atoms with Crippen LogP contribution >= 0.6 is 0 Å². The third-order valence-corrected chi connectivity index (χ3v) is 6.53. The molecule has 2 rings (SSSR count). The number of amides is 1. The minimum absolute atomic E-state index is 0.0265. The Kier molecular flexibility index (Phi) is 9.47. The van der Waals surface area contributed by atoms with E-state index in [-0.39, 0.29) is 11.3 Å². The van der Waals surface area contributed by atoms with Crippen LogP contribution in [0.2, 0.25) is 0 Å². The fourth-order valence-electron chi connectivity index (χ4n) is 3.14. The van der Waals surface area contributed by atoms with Crippen LogP contribution in [0.4, 0.5) is 13.2 Å². The molecule has 1 unspecified atom stereocenters. The lowest BCUT2D eigenvalue weighted by Crippen LogP contribution is -2.41. The van der Waals surface area contributed by atoms with Crippen molar-refractivity contribution < 1.29 is 30.6 Å². The van der Waals surface area contributed by atoms with E-state index in [9.17, 15) is 26.4 Å².